The molecule has 100 valence electrons. The third kappa shape index (κ3) is 4.31. The molecule has 1 aliphatic rings. The van der Waals surface area contributed by atoms with Crippen LogP contribution in [0, 0.1) is 0 Å². The van der Waals surface area contributed by atoms with Crippen LogP contribution in [0.1, 0.15) is 31.2 Å². The van der Waals surface area contributed by atoms with Gasteiger partial charge in [-0.1, -0.05) is 12.1 Å². The van der Waals surface area contributed by atoms with Crippen LogP contribution in [-0.2, 0) is 11.2 Å². The molecule has 1 fully saturated rings. The van der Waals surface area contributed by atoms with E-state index >= 15 is 0 Å². The lowest BCUT2D eigenvalue weighted by Gasteiger charge is -2.23. The van der Waals surface area contributed by atoms with Crippen LogP contribution >= 0.6 is 0 Å². The lowest BCUT2D eigenvalue weighted by molar-refractivity contribution is 0.0255. The van der Waals surface area contributed by atoms with Crippen molar-refractivity contribution in [3.63, 3.8) is 0 Å². The molecule has 3 nitrogen and oxygen atoms in total. The molecule has 1 aromatic rings. The quantitative estimate of drug-likeness (QED) is 0.788. The van der Waals surface area contributed by atoms with Gasteiger partial charge in [-0.2, -0.15) is 0 Å². The Morgan fingerprint density at radius 3 is 2.50 bits per heavy atom. The molecule has 0 amide bonds. The second-order valence-corrected chi connectivity index (χ2v) is 4.82. The summed E-state index contributed by atoms with van der Waals surface area (Å²) in [4.78, 5) is 0. The fraction of sp³-hybridized carbons (Fsp3) is 0.600. The fourth-order valence-corrected chi connectivity index (χ4v) is 2.19. The summed E-state index contributed by atoms with van der Waals surface area (Å²) in [5.74, 6) is 0.976. The summed E-state index contributed by atoms with van der Waals surface area (Å²) in [6.45, 7) is 2.43. The van der Waals surface area contributed by atoms with E-state index in [1.165, 1.54) is 5.56 Å². The summed E-state index contributed by atoms with van der Waals surface area (Å²) in [5, 5.41) is 0. The molecular formula is C15H23NO2. The van der Waals surface area contributed by atoms with Crippen molar-refractivity contribution in [3.05, 3.63) is 29.8 Å². The van der Waals surface area contributed by atoms with Crippen molar-refractivity contribution in [3.8, 4) is 5.75 Å². The average Bonchev–Trinajstić information content (AvgIpc) is 2.42. The van der Waals surface area contributed by atoms with E-state index in [1.807, 2.05) is 0 Å². The Kier molecular flexibility index (Phi) is 5.49. The predicted octanol–water partition coefficient (Wildman–Crippen LogP) is 2.53. The number of hydrogen-bond acceptors (Lipinski definition) is 3. The number of nitrogens with two attached hydrogens (primary N) is 1. The number of hydrogen-bond donors (Lipinski definition) is 1. The standard InChI is InChI=1S/C15H23NO2/c16-10-2-1-3-13-4-6-14(7-5-13)18-15-8-11-17-12-9-15/h4-7,15H,1-3,8-12,16H2. The van der Waals surface area contributed by atoms with E-state index in [4.69, 9.17) is 15.2 Å². The van der Waals surface area contributed by atoms with Crippen molar-refractivity contribution in [2.75, 3.05) is 19.8 Å². The van der Waals surface area contributed by atoms with Crippen molar-refractivity contribution in [1.82, 2.24) is 0 Å². The van der Waals surface area contributed by atoms with Crippen LogP contribution in [0.5, 0.6) is 5.75 Å². The first-order chi connectivity index (χ1) is 8.88. The minimum absolute atomic E-state index is 0.321. The summed E-state index contributed by atoms with van der Waals surface area (Å²) in [7, 11) is 0. The largest absolute Gasteiger partial charge is 0.490 e. The van der Waals surface area contributed by atoms with Crippen LogP contribution in [0.15, 0.2) is 24.3 Å². The maximum Gasteiger partial charge on any atom is 0.119 e. The maximum absolute atomic E-state index is 5.94. The number of ether oxygens (including phenoxy) is 2. The van der Waals surface area contributed by atoms with Gasteiger partial charge in [-0.05, 0) is 43.5 Å². The Labute approximate surface area is 109 Å². The number of unbranched alkanes of at least 4 members (excludes halogenated alkanes) is 1. The zero-order valence-electron chi connectivity index (χ0n) is 10.9. The third-order valence-electron chi connectivity index (χ3n) is 3.31. The van der Waals surface area contributed by atoms with E-state index < -0.39 is 0 Å². The third-order valence-corrected chi connectivity index (χ3v) is 3.31. The molecule has 2 N–H and O–H groups in total. The smallest absolute Gasteiger partial charge is 0.119 e. The van der Waals surface area contributed by atoms with Gasteiger partial charge in [-0.15, -0.1) is 0 Å². The van der Waals surface area contributed by atoms with Gasteiger partial charge in [0.1, 0.15) is 11.9 Å². The highest BCUT2D eigenvalue weighted by atomic mass is 16.5. The highest BCUT2D eigenvalue weighted by molar-refractivity contribution is 5.27. The van der Waals surface area contributed by atoms with E-state index in [-0.39, 0.29) is 0 Å². The minimum Gasteiger partial charge on any atom is -0.490 e. The number of benzene rings is 1. The van der Waals surface area contributed by atoms with Crippen molar-refractivity contribution in [2.45, 2.75) is 38.2 Å². The first-order valence-electron chi connectivity index (χ1n) is 6.92. The molecule has 0 radical (unpaired) electrons. The minimum atomic E-state index is 0.321. The normalized spacial score (nSPS) is 16.7. The molecule has 2 rings (SSSR count). The zero-order chi connectivity index (χ0) is 12.6. The van der Waals surface area contributed by atoms with E-state index in [2.05, 4.69) is 24.3 Å². The van der Waals surface area contributed by atoms with Gasteiger partial charge in [0.2, 0.25) is 0 Å². The summed E-state index contributed by atoms with van der Waals surface area (Å²) in [6.07, 6.45) is 5.68. The molecule has 0 unspecified atom stereocenters. The molecule has 3 heteroatoms. The lowest BCUT2D eigenvalue weighted by atomic mass is 10.1. The summed E-state index contributed by atoms with van der Waals surface area (Å²) in [5.41, 5.74) is 6.85. The summed E-state index contributed by atoms with van der Waals surface area (Å²) < 4.78 is 11.3. The lowest BCUT2D eigenvalue weighted by Crippen LogP contribution is -2.25. The second kappa shape index (κ2) is 7.39. The summed E-state index contributed by atoms with van der Waals surface area (Å²) >= 11 is 0. The van der Waals surface area contributed by atoms with Crippen LogP contribution in [0.3, 0.4) is 0 Å². The monoisotopic (exact) mass is 249 g/mol. The number of aryl methyl sites for hydroxylation is 1. The van der Waals surface area contributed by atoms with Gasteiger partial charge in [-0.25, -0.2) is 0 Å². The molecule has 1 saturated heterocycles. The van der Waals surface area contributed by atoms with Crippen LogP contribution in [0.25, 0.3) is 0 Å². The van der Waals surface area contributed by atoms with Gasteiger partial charge in [0.25, 0.3) is 0 Å². The van der Waals surface area contributed by atoms with Gasteiger partial charge in [0, 0.05) is 12.8 Å². The molecule has 0 atom stereocenters. The topological polar surface area (TPSA) is 44.5 Å². The fourth-order valence-electron chi connectivity index (χ4n) is 2.19. The highest BCUT2D eigenvalue weighted by Gasteiger charge is 2.14. The zero-order valence-corrected chi connectivity index (χ0v) is 10.9. The first-order valence-corrected chi connectivity index (χ1v) is 6.92. The van der Waals surface area contributed by atoms with Crippen molar-refractivity contribution < 1.29 is 9.47 Å². The Balaban J connectivity index is 1.79. The molecule has 0 aromatic heterocycles. The van der Waals surface area contributed by atoms with Gasteiger partial charge in [0.15, 0.2) is 0 Å². The highest BCUT2D eigenvalue weighted by Crippen LogP contribution is 2.19. The molecule has 1 aromatic carbocycles. The molecule has 0 spiro atoms. The Bertz CT molecular complexity index is 331. The van der Waals surface area contributed by atoms with Crippen molar-refractivity contribution in [1.29, 1.82) is 0 Å². The Morgan fingerprint density at radius 1 is 1.11 bits per heavy atom. The predicted molar refractivity (Wildman–Crippen MR) is 72.9 cm³/mol. The van der Waals surface area contributed by atoms with Crippen LogP contribution in [0.4, 0.5) is 0 Å². The van der Waals surface area contributed by atoms with Crippen LogP contribution in [0.2, 0.25) is 0 Å². The van der Waals surface area contributed by atoms with E-state index in [9.17, 15) is 0 Å². The van der Waals surface area contributed by atoms with Crippen LogP contribution < -0.4 is 10.5 Å². The first kappa shape index (κ1) is 13.4. The SMILES string of the molecule is NCCCCc1ccc(OC2CCOCC2)cc1. The molecule has 1 aliphatic heterocycles. The molecule has 18 heavy (non-hydrogen) atoms. The molecule has 0 bridgehead atoms. The number of rotatable bonds is 6. The van der Waals surface area contributed by atoms with E-state index in [0.717, 1.165) is 57.6 Å². The van der Waals surface area contributed by atoms with Crippen molar-refractivity contribution >= 4 is 0 Å². The molecule has 0 saturated carbocycles. The van der Waals surface area contributed by atoms with Gasteiger partial charge in [-0.3, -0.25) is 0 Å². The summed E-state index contributed by atoms with van der Waals surface area (Å²) in [6, 6.07) is 8.47. The van der Waals surface area contributed by atoms with Gasteiger partial charge in [0.05, 0.1) is 13.2 Å². The second-order valence-electron chi connectivity index (χ2n) is 4.82. The van der Waals surface area contributed by atoms with Gasteiger partial charge >= 0.3 is 0 Å². The van der Waals surface area contributed by atoms with Crippen LogP contribution in [-0.4, -0.2) is 25.9 Å². The average molecular weight is 249 g/mol. The Morgan fingerprint density at radius 2 is 1.83 bits per heavy atom. The maximum atomic E-state index is 5.94. The van der Waals surface area contributed by atoms with E-state index in [1.54, 1.807) is 0 Å². The van der Waals surface area contributed by atoms with Crippen molar-refractivity contribution in [2.24, 2.45) is 5.73 Å². The Hall–Kier alpha value is -1.06. The molecular weight excluding hydrogens is 226 g/mol. The molecule has 0 aliphatic carbocycles. The molecule has 1 heterocycles. The van der Waals surface area contributed by atoms with E-state index in [0.29, 0.717) is 6.10 Å². The van der Waals surface area contributed by atoms with Gasteiger partial charge < -0.3 is 15.2 Å².